The van der Waals surface area contributed by atoms with Gasteiger partial charge in [-0.2, -0.15) is 0 Å². The van der Waals surface area contributed by atoms with Crippen molar-refractivity contribution in [1.29, 1.82) is 0 Å². The molecule has 0 aliphatic carbocycles. The van der Waals surface area contributed by atoms with Crippen LogP contribution in [0.4, 0.5) is 17.3 Å². The average molecular weight is 403 g/mol. The molecule has 2 heterocycles. The summed E-state index contributed by atoms with van der Waals surface area (Å²) in [5.41, 5.74) is 2.99. The van der Waals surface area contributed by atoms with E-state index in [0.29, 0.717) is 18.2 Å². The van der Waals surface area contributed by atoms with E-state index in [1.54, 1.807) is 18.6 Å². The van der Waals surface area contributed by atoms with Gasteiger partial charge >= 0.3 is 0 Å². The van der Waals surface area contributed by atoms with E-state index in [4.69, 9.17) is 4.74 Å². The summed E-state index contributed by atoms with van der Waals surface area (Å²) in [6, 6.07) is 16.1. The van der Waals surface area contributed by atoms with Crippen LogP contribution in [0.1, 0.15) is 18.2 Å². The first kappa shape index (κ1) is 19.1. The number of anilines is 3. The van der Waals surface area contributed by atoms with Crippen molar-refractivity contribution in [2.24, 2.45) is 0 Å². The van der Waals surface area contributed by atoms with Gasteiger partial charge in [0.2, 0.25) is 0 Å². The fourth-order valence-electron chi connectivity index (χ4n) is 3.08. The molecule has 1 atom stereocenters. The van der Waals surface area contributed by atoms with Gasteiger partial charge in [-0.05, 0) is 45.6 Å². The number of hydrogen-bond acceptors (Lipinski definition) is 6. The van der Waals surface area contributed by atoms with Gasteiger partial charge in [0.05, 0.1) is 11.9 Å². The molecule has 0 amide bonds. The van der Waals surface area contributed by atoms with Crippen LogP contribution in [0.25, 0.3) is 10.8 Å². The molecule has 2 N–H and O–H groups in total. The molecule has 2 aromatic carbocycles. The van der Waals surface area contributed by atoms with Crippen molar-refractivity contribution < 1.29 is 4.74 Å². The van der Waals surface area contributed by atoms with Crippen LogP contribution < -0.4 is 15.1 Å². The van der Waals surface area contributed by atoms with Crippen molar-refractivity contribution in [3.05, 3.63) is 78.4 Å². The van der Waals surface area contributed by atoms with Crippen LogP contribution in [-0.4, -0.2) is 15.0 Å². The minimum absolute atomic E-state index is 0.440. The summed E-state index contributed by atoms with van der Waals surface area (Å²) in [5, 5.41) is 8.54. The Morgan fingerprint density at radius 3 is 2.69 bits per heavy atom. The van der Waals surface area contributed by atoms with E-state index in [1.807, 2.05) is 36.4 Å². The monoisotopic (exact) mass is 403 g/mol. The summed E-state index contributed by atoms with van der Waals surface area (Å²) in [7, 11) is 2.54. The topological polar surface area (TPSA) is 72.0 Å². The van der Waals surface area contributed by atoms with Gasteiger partial charge in [0, 0.05) is 28.9 Å². The molecule has 2 aromatic heterocycles. The van der Waals surface area contributed by atoms with Gasteiger partial charge in [0.15, 0.2) is 0 Å². The molecule has 0 radical (unpaired) electrons. The highest BCUT2D eigenvalue weighted by Crippen LogP contribution is 2.32. The van der Waals surface area contributed by atoms with E-state index in [9.17, 15) is 0 Å². The lowest BCUT2D eigenvalue weighted by Gasteiger charge is -2.13. The number of pyridine rings is 1. The number of rotatable bonds is 7. The van der Waals surface area contributed by atoms with Gasteiger partial charge in [-0.15, -0.1) is 0 Å². The number of hydrogen-bond donors (Lipinski definition) is 2. The predicted octanol–water partition coefficient (Wildman–Crippen LogP) is 5.11. The lowest BCUT2D eigenvalue weighted by molar-refractivity contribution is 0.310. The minimum Gasteiger partial charge on any atom is -0.488 e. The lowest BCUT2D eigenvalue weighted by atomic mass is 10.1. The second-order valence-corrected chi connectivity index (χ2v) is 6.80. The van der Waals surface area contributed by atoms with Gasteiger partial charge in [0.1, 0.15) is 24.0 Å². The second kappa shape index (κ2) is 8.84. The van der Waals surface area contributed by atoms with Crippen molar-refractivity contribution >= 4 is 37.5 Å². The van der Waals surface area contributed by atoms with Gasteiger partial charge in [-0.1, -0.05) is 31.2 Å². The molecule has 0 saturated heterocycles. The standard InChI is InChI=1S/C22H22N5OP/c1-2-16-12-23-13-22(25-16)26-21-11-15(9-10-24-21)14-28-20-8-7-19(27-29)17-5-3-4-6-18(17)20/h3-13,27H,2,14,29H2,1H3,(H,24,25,26). The second-order valence-electron chi connectivity index (χ2n) is 6.51. The maximum absolute atomic E-state index is 6.13. The van der Waals surface area contributed by atoms with Crippen LogP contribution in [0.15, 0.2) is 67.1 Å². The lowest BCUT2D eigenvalue weighted by Crippen LogP contribution is -2.01. The first-order valence-corrected chi connectivity index (χ1v) is 9.98. The summed E-state index contributed by atoms with van der Waals surface area (Å²) in [6.07, 6.45) is 6.06. The number of fused-ring (bicyclic) bond motifs is 1. The van der Waals surface area contributed by atoms with Gasteiger partial charge in [0.25, 0.3) is 0 Å². The smallest absolute Gasteiger partial charge is 0.150 e. The third-order valence-electron chi connectivity index (χ3n) is 4.56. The Bertz CT molecular complexity index is 1130. The van der Waals surface area contributed by atoms with E-state index >= 15 is 0 Å². The molecule has 0 bridgehead atoms. The highest BCUT2D eigenvalue weighted by Gasteiger charge is 2.07. The van der Waals surface area contributed by atoms with Gasteiger partial charge in [-0.25, -0.2) is 9.97 Å². The summed E-state index contributed by atoms with van der Waals surface area (Å²) < 4.78 is 6.13. The Labute approximate surface area is 172 Å². The van der Waals surface area contributed by atoms with E-state index in [1.165, 1.54) is 0 Å². The van der Waals surface area contributed by atoms with Crippen molar-refractivity contribution in [3.63, 3.8) is 0 Å². The Morgan fingerprint density at radius 2 is 1.86 bits per heavy atom. The first-order chi connectivity index (χ1) is 14.3. The van der Waals surface area contributed by atoms with Crippen LogP contribution in [0.5, 0.6) is 5.75 Å². The number of aryl methyl sites for hydroxylation is 1. The quantitative estimate of drug-likeness (QED) is 0.418. The maximum Gasteiger partial charge on any atom is 0.150 e. The molecule has 0 spiro atoms. The van der Waals surface area contributed by atoms with Crippen LogP contribution >= 0.6 is 9.39 Å². The van der Waals surface area contributed by atoms with Crippen molar-refractivity contribution in [3.8, 4) is 5.75 Å². The molecule has 1 unspecified atom stereocenters. The van der Waals surface area contributed by atoms with Crippen LogP contribution in [0.2, 0.25) is 0 Å². The molecule has 4 aromatic rings. The SMILES string of the molecule is CCc1cncc(Nc2cc(COc3ccc(NP)c4ccccc34)ccn2)n1. The average Bonchev–Trinajstić information content (AvgIpc) is 2.78. The van der Waals surface area contributed by atoms with Gasteiger partial charge < -0.3 is 15.1 Å². The molecular weight excluding hydrogens is 381 g/mol. The zero-order valence-corrected chi connectivity index (χ0v) is 17.2. The molecule has 4 rings (SSSR count). The molecular formula is C22H22N5OP. The summed E-state index contributed by atoms with van der Waals surface area (Å²) in [6.45, 7) is 2.49. The molecule has 29 heavy (non-hydrogen) atoms. The Hall–Kier alpha value is -3.24. The highest BCUT2D eigenvalue weighted by molar-refractivity contribution is 7.18. The van der Waals surface area contributed by atoms with E-state index in [2.05, 4.69) is 53.8 Å². The molecule has 0 fully saturated rings. The van der Waals surface area contributed by atoms with Crippen LogP contribution in [0, 0.1) is 0 Å². The number of benzene rings is 2. The van der Waals surface area contributed by atoms with E-state index < -0.39 is 0 Å². The number of nitrogens with zero attached hydrogens (tertiary/aromatic N) is 3. The summed E-state index contributed by atoms with van der Waals surface area (Å²) in [4.78, 5) is 13.1. The molecule has 0 aliphatic heterocycles. The predicted molar refractivity (Wildman–Crippen MR) is 121 cm³/mol. The highest BCUT2D eigenvalue weighted by atomic mass is 31.0. The maximum atomic E-state index is 6.13. The number of aromatic nitrogens is 3. The minimum atomic E-state index is 0.440. The summed E-state index contributed by atoms with van der Waals surface area (Å²) >= 11 is 0. The molecule has 7 heteroatoms. The Kier molecular flexibility index (Phi) is 5.82. The fourth-order valence-corrected chi connectivity index (χ4v) is 3.34. The van der Waals surface area contributed by atoms with Crippen molar-refractivity contribution in [1.82, 2.24) is 15.0 Å². The Balaban J connectivity index is 1.51. The fraction of sp³-hybridized carbons (Fsp3) is 0.136. The normalized spacial score (nSPS) is 10.7. The zero-order chi connectivity index (χ0) is 20.1. The third-order valence-corrected chi connectivity index (χ3v) is 4.87. The van der Waals surface area contributed by atoms with Crippen molar-refractivity contribution in [2.75, 3.05) is 10.4 Å². The number of nitrogens with one attached hydrogen (secondary N) is 2. The van der Waals surface area contributed by atoms with Crippen LogP contribution in [-0.2, 0) is 13.0 Å². The largest absolute Gasteiger partial charge is 0.488 e. The van der Waals surface area contributed by atoms with Crippen molar-refractivity contribution in [2.45, 2.75) is 20.0 Å². The third kappa shape index (κ3) is 4.44. The molecule has 6 nitrogen and oxygen atoms in total. The number of ether oxygens (including phenoxy) is 1. The zero-order valence-electron chi connectivity index (χ0n) is 16.1. The van der Waals surface area contributed by atoms with Crippen LogP contribution in [0.3, 0.4) is 0 Å². The van der Waals surface area contributed by atoms with Gasteiger partial charge in [-0.3, -0.25) is 4.98 Å². The van der Waals surface area contributed by atoms with E-state index in [-0.39, 0.29) is 0 Å². The molecule has 0 aliphatic rings. The molecule has 146 valence electrons. The summed E-state index contributed by atoms with van der Waals surface area (Å²) in [5.74, 6) is 2.24. The molecule has 0 saturated carbocycles. The Morgan fingerprint density at radius 1 is 1.00 bits per heavy atom. The first-order valence-electron chi connectivity index (χ1n) is 9.41. The van der Waals surface area contributed by atoms with E-state index in [0.717, 1.165) is 39.9 Å².